The second-order valence-electron chi connectivity index (χ2n) is 6.07. The smallest absolute Gasteiger partial charge is 0.331 e. The molecular formula is C19H21N5O3. The number of rotatable bonds is 8. The standard InChI is InChI=1S/C19H21N5O3/c25-17-16(13-20-8-4-10-23-12-9-21-14-23)18(26)24(19(27)22-17)11-7-15-5-2-1-3-6-15/h1-3,5-6,9,12-14,26H,4,7-8,10-11H2,(H,22,25,27). The van der Waals surface area contributed by atoms with E-state index in [2.05, 4.69) is 15.0 Å². The van der Waals surface area contributed by atoms with Gasteiger partial charge in [0.1, 0.15) is 5.56 Å². The van der Waals surface area contributed by atoms with Crippen molar-refractivity contribution in [2.24, 2.45) is 4.99 Å². The molecule has 27 heavy (non-hydrogen) atoms. The molecule has 0 radical (unpaired) electrons. The van der Waals surface area contributed by atoms with Gasteiger partial charge in [0.05, 0.1) is 6.33 Å². The predicted molar refractivity (Wildman–Crippen MR) is 102 cm³/mol. The average Bonchev–Trinajstić information content (AvgIpc) is 3.18. The molecule has 3 rings (SSSR count). The van der Waals surface area contributed by atoms with Gasteiger partial charge in [-0.1, -0.05) is 30.3 Å². The summed E-state index contributed by atoms with van der Waals surface area (Å²) in [5.41, 5.74) is -0.257. The largest absolute Gasteiger partial charge is 0.494 e. The topological polar surface area (TPSA) is 105 Å². The number of aliphatic imine (C=N–C) groups is 1. The maximum atomic E-state index is 12.0. The van der Waals surface area contributed by atoms with E-state index < -0.39 is 11.2 Å². The van der Waals surface area contributed by atoms with E-state index in [4.69, 9.17) is 0 Å². The fourth-order valence-corrected chi connectivity index (χ4v) is 2.70. The van der Waals surface area contributed by atoms with E-state index in [1.165, 1.54) is 6.21 Å². The minimum atomic E-state index is -0.646. The lowest BCUT2D eigenvalue weighted by molar-refractivity contribution is 0.399. The minimum Gasteiger partial charge on any atom is -0.494 e. The number of H-pyrrole nitrogens is 1. The van der Waals surface area contributed by atoms with Gasteiger partial charge in [0.2, 0.25) is 5.88 Å². The number of aromatic amines is 1. The predicted octanol–water partition coefficient (Wildman–Crippen LogP) is 1.19. The van der Waals surface area contributed by atoms with Crippen molar-refractivity contribution >= 4 is 6.21 Å². The third-order valence-electron chi connectivity index (χ3n) is 4.16. The molecule has 0 aliphatic rings. The van der Waals surface area contributed by atoms with Crippen LogP contribution in [0, 0.1) is 0 Å². The molecule has 0 bridgehead atoms. The molecule has 0 atom stereocenters. The third-order valence-corrected chi connectivity index (χ3v) is 4.16. The number of hydrogen-bond acceptors (Lipinski definition) is 5. The number of aromatic nitrogens is 4. The zero-order valence-electron chi connectivity index (χ0n) is 14.8. The summed E-state index contributed by atoms with van der Waals surface area (Å²) in [4.78, 5) is 34.4. The highest BCUT2D eigenvalue weighted by molar-refractivity contribution is 5.81. The third kappa shape index (κ3) is 4.81. The summed E-state index contributed by atoms with van der Waals surface area (Å²) in [6, 6.07) is 9.61. The van der Waals surface area contributed by atoms with Crippen LogP contribution in [0.3, 0.4) is 0 Å². The maximum absolute atomic E-state index is 12.0. The monoisotopic (exact) mass is 367 g/mol. The first-order valence-corrected chi connectivity index (χ1v) is 8.70. The number of aryl methyl sites for hydroxylation is 2. The molecule has 8 nitrogen and oxygen atoms in total. The van der Waals surface area contributed by atoms with Crippen molar-refractivity contribution in [3.8, 4) is 5.88 Å². The zero-order valence-corrected chi connectivity index (χ0v) is 14.8. The van der Waals surface area contributed by atoms with E-state index in [1.807, 2.05) is 41.1 Å². The Balaban J connectivity index is 1.68. The second-order valence-corrected chi connectivity index (χ2v) is 6.07. The fraction of sp³-hybridized carbons (Fsp3) is 0.263. The Kier molecular flexibility index (Phi) is 5.98. The SMILES string of the molecule is O=c1[nH]c(=O)n(CCc2ccccc2)c(O)c1C=NCCCn1ccnc1. The summed E-state index contributed by atoms with van der Waals surface area (Å²) >= 11 is 0. The molecule has 0 unspecified atom stereocenters. The molecule has 0 fully saturated rings. The van der Waals surface area contributed by atoms with Gasteiger partial charge in [0.15, 0.2) is 0 Å². The normalized spacial score (nSPS) is 11.3. The molecule has 2 aromatic heterocycles. The first kappa shape index (κ1) is 18.4. The van der Waals surface area contributed by atoms with Gasteiger partial charge in [-0.15, -0.1) is 0 Å². The Morgan fingerprint density at radius 2 is 2.00 bits per heavy atom. The molecule has 140 valence electrons. The first-order valence-electron chi connectivity index (χ1n) is 8.70. The van der Waals surface area contributed by atoms with Crippen LogP contribution in [0.25, 0.3) is 0 Å². The van der Waals surface area contributed by atoms with Gasteiger partial charge in [-0.05, 0) is 18.4 Å². The maximum Gasteiger partial charge on any atom is 0.331 e. The summed E-state index contributed by atoms with van der Waals surface area (Å²) in [5, 5.41) is 10.4. The van der Waals surface area contributed by atoms with Gasteiger partial charge in [0, 0.05) is 38.2 Å². The van der Waals surface area contributed by atoms with Gasteiger partial charge in [-0.3, -0.25) is 19.3 Å². The van der Waals surface area contributed by atoms with Gasteiger partial charge in [0.25, 0.3) is 5.56 Å². The molecule has 0 amide bonds. The molecule has 0 aliphatic heterocycles. The van der Waals surface area contributed by atoms with Crippen molar-refractivity contribution < 1.29 is 5.11 Å². The number of imidazole rings is 1. The second kappa shape index (κ2) is 8.79. The van der Waals surface area contributed by atoms with Crippen LogP contribution < -0.4 is 11.2 Å². The van der Waals surface area contributed by atoms with E-state index >= 15 is 0 Å². The number of nitrogens with one attached hydrogen (secondary N) is 1. The highest BCUT2D eigenvalue weighted by atomic mass is 16.3. The Morgan fingerprint density at radius 1 is 1.19 bits per heavy atom. The van der Waals surface area contributed by atoms with Gasteiger partial charge in [-0.2, -0.15) is 0 Å². The molecule has 2 N–H and O–H groups in total. The van der Waals surface area contributed by atoms with Gasteiger partial charge < -0.3 is 9.67 Å². The highest BCUT2D eigenvalue weighted by Crippen LogP contribution is 2.10. The molecule has 0 aliphatic carbocycles. The van der Waals surface area contributed by atoms with Gasteiger partial charge >= 0.3 is 5.69 Å². The molecule has 1 aromatic carbocycles. The van der Waals surface area contributed by atoms with E-state index in [-0.39, 0.29) is 18.0 Å². The lowest BCUT2D eigenvalue weighted by atomic mass is 10.1. The molecule has 0 saturated carbocycles. The first-order chi connectivity index (χ1) is 13.1. The summed E-state index contributed by atoms with van der Waals surface area (Å²) in [7, 11) is 0. The van der Waals surface area contributed by atoms with Crippen LogP contribution in [-0.2, 0) is 19.5 Å². The van der Waals surface area contributed by atoms with Crippen molar-refractivity contribution in [2.75, 3.05) is 6.54 Å². The molecule has 0 spiro atoms. The van der Waals surface area contributed by atoms with Crippen LogP contribution in [0.15, 0.2) is 63.6 Å². The zero-order chi connectivity index (χ0) is 19.1. The summed E-state index contributed by atoms with van der Waals surface area (Å²) in [6.45, 7) is 1.50. The van der Waals surface area contributed by atoms with Crippen molar-refractivity contribution in [3.63, 3.8) is 0 Å². The lowest BCUT2D eigenvalue weighted by Crippen LogP contribution is -2.32. The molecule has 2 heterocycles. The van der Waals surface area contributed by atoms with Crippen molar-refractivity contribution in [3.05, 3.63) is 81.0 Å². The minimum absolute atomic E-state index is 0.00899. The van der Waals surface area contributed by atoms with E-state index in [1.54, 1.807) is 12.5 Å². The Morgan fingerprint density at radius 3 is 2.74 bits per heavy atom. The van der Waals surface area contributed by atoms with Crippen LogP contribution in [0.2, 0.25) is 0 Å². The lowest BCUT2D eigenvalue weighted by Gasteiger charge is -2.09. The Hall–Kier alpha value is -3.42. The van der Waals surface area contributed by atoms with Crippen molar-refractivity contribution in [1.82, 2.24) is 19.1 Å². The van der Waals surface area contributed by atoms with Crippen LogP contribution in [0.1, 0.15) is 17.5 Å². The summed E-state index contributed by atoms with van der Waals surface area (Å²) < 4.78 is 3.09. The number of hydrogen-bond donors (Lipinski definition) is 2. The van der Waals surface area contributed by atoms with Crippen LogP contribution in [0.5, 0.6) is 5.88 Å². The quantitative estimate of drug-likeness (QED) is 0.461. The number of benzene rings is 1. The van der Waals surface area contributed by atoms with Gasteiger partial charge in [-0.25, -0.2) is 9.78 Å². The van der Waals surface area contributed by atoms with E-state index in [0.717, 1.165) is 23.1 Å². The Bertz CT molecular complexity index is 1000. The molecule has 8 heteroatoms. The van der Waals surface area contributed by atoms with E-state index in [0.29, 0.717) is 13.0 Å². The highest BCUT2D eigenvalue weighted by Gasteiger charge is 2.12. The number of nitrogens with zero attached hydrogens (tertiary/aromatic N) is 4. The molecular weight excluding hydrogens is 346 g/mol. The summed E-state index contributed by atoms with van der Waals surface area (Å²) in [5.74, 6) is -0.363. The Labute approximate surface area is 155 Å². The van der Waals surface area contributed by atoms with Crippen LogP contribution in [0.4, 0.5) is 0 Å². The average molecular weight is 367 g/mol. The van der Waals surface area contributed by atoms with Crippen LogP contribution >= 0.6 is 0 Å². The summed E-state index contributed by atoms with van der Waals surface area (Å²) in [6.07, 6.45) is 7.94. The fourth-order valence-electron chi connectivity index (χ4n) is 2.70. The van der Waals surface area contributed by atoms with E-state index in [9.17, 15) is 14.7 Å². The molecule has 0 saturated heterocycles. The van der Waals surface area contributed by atoms with Crippen LogP contribution in [-0.4, -0.2) is 37.0 Å². The van der Waals surface area contributed by atoms with Crippen molar-refractivity contribution in [1.29, 1.82) is 0 Å². The van der Waals surface area contributed by atoms with Crippen molar-refractivity contribution in [2.45, 2.75) is 25.9 Å². The number of aromatic hydroxyl groups is 1. The molecule has 3 aromatic rings.